The zero-order valence-electron chi connectivity index (χ0n) is 14.9. The topological polar surface area (TPSA) is 71.4 Å². The number of benzene rings is 1. The van der Waals surface area contributed by atoms with Crippen molar-refractivity contribution in [1.29, 1.82) is 0 Å². The summed E-state index contributed by atoms with van der Waals surface area (Å²) in [5.74, 6) is -0.267. The second-order valence-corrected chi connectivity index (χ2v) is 8.84. The summed E-state index contributed by atoms with van der Waals surface area (Å²) < 4.78 is 29.5. The Hall–Kier alpha value is -1.83. The van der Waals surface area contributed by atoms with Crippen LogP contribution in [0.2, 0.25) is 5.02 Å². The van der Waals surface area contributed by atoms with E-state index in [1.807, 2.05) is 25.3 Å². The van der Waals surface area contributed by atoms with Crippen LogP contribution in [0.3, 0.4) is 0 Å². The molecule has 1 unspecified atom stereocenters. The lowest BCUT2D eigenvalue weighted by Gasteiger charge is -2.35. The van der Waals surface area contributed by atoms with E-state index >= 15 is 0 Å². The second kappa shape index (κ2) is 7.06. The highest BCUT2D eigenvalue weighted by molar-refractivity contribution is 7.89. The highest BCUT2D eigenvalue weighted by atomic mass is 35.5. The monoisotopic (exact) mass is 395 g/mol. The number of hydrogen-bond acceptors (Lipinski definition) is 3. The average Bonchev–Trinajstić information content (AvgIpc) is 3.03. The normalized spacial score (nSPS) is 17.4. The van der Waals surface area contributed by atoms with Gasteiger partial charge in [0, 0.05) is 31.0 Å². The molecule has 0 saturated carbocycles. The molecule has 3 rings (SSSR count). The molecular formula is C18H22ClN3O3S. The molecule has 26 heavy (non-hydrogen) atoms. The first-order chi connectivity index (χ1) is 12.2. The van der Waals surface area contributed by atoms with E-state index < -0.39 is 10.0 Å². The van der Waals surface area contributed by atoms with Crippen LogP contribution >= 0.6 is 11.6 Å². The maximum atomic E-state index is 13.1. The van der Waals surface area contributed by atoms with Crippen molar-refractivity contribution in [3.05, 3.63) is 52.8 Å². The van der Waals surface area contributed by atoms with E-state index in [9.17, 15) is 13.2 Å². The van der Waals surface area contributed by atoms with Crippen LogP contribution < -0.4 is 4.72 Å². The maximum absolute atomic E-state index is 13.1. The van der Waals surface area contributed by atoms with E-state index in [4.69, 9.17) is 11.6 Å². The number of hydrogen-bond donors (Lipinski definition) is 1. The summed E-state index contributed by atoms with van der Waals surface area (Å²) in [4.78, 5) is 14.8. The Morgan fingerprint density at radius 1 is 1.27 bits per heavy atom. The Kier molecular flexibility index (Phi) is 5.14. The molecule has 2 aromatic rings. The number of aromatic nitrogens is 1. The molecular weight excluding hydrogens is 374 g/mol. The van der Waals surface area contributed by atoms with Crippen LogP contribution in [-0.2, 0) is 16.6 Å². The van der Waals surface area contributed by atoms with Gasteiger partial charge in [0.25, 0.3) is 5.91 Å². The molecule has 1 N–H and O–H groups in total. The van der Waals surface area contributed by atoms with Gasteiger partial charge < -0.3 is 9.47 Å². The molecule has 2 heterocycles. The minimum atomic E-state index is -3.70. The Bertz CT molecular complexity index is 937. The molecule has 0 spiro atoms. The van der Waals surface area contributed by atoms with E-state index in [1.54, 1.807) is 18.7 Å². The summed E-state index contributed by atoms with van der Waals surface area (Å²) in [6, 6.07) is 7.81. The first-order valence-electron chi connectivity index (χ1n) is 8.48. The molecule has 0 fully saturated rings. The van der Waals surface area contributed by atoms with Crippen molar-refractivity contribution < 1.29 is 13.2 Å². The van der Waals surface area contributed by atoms with Crippen LogP contribution in [0.25, 0.3) is 0 Å². The lowest BCUT2D eigenvalue weighted by atomic mass is 10.1. The number of sulfonamides is 1. The van der Waals surface area contributed by atoms with Gasteiger partial charge in [-0.2, -0.15) is 0 Å². The van der Waals surface area contributed by atoms with Crippen LogP contribution in [0.15, 0.2) is 41.4 Å². The smallest absolute Gasteiger partial charge is 0.256 e. The molecule has 0 bridgehead atoms. The van der Waals surface area contributed by atoms with Gasteiger partial charge in [-0.25, -0.2) is 13.1 Å². The highest BCUT2D eigenvalue weighted by Gasteiger charge is 2.30. The summed E-state index contributed by atoms with van der Waals surface area (Å²) in [7, 11) is -3.70. The van der Waals surface area contributed by atoms with Crippen LogP contribution in [0.5, 0.6) is 0 Å². The molecule has 1 aromatic carbocycles. The number of halogens is 1. The van der Waals surface area contributed by atoms with E-state index in [0.29, 0.717) is 13.1 Å². The lowest BCUT2D eigenvalue weighted by Crippen LogP contribution is -2.41. The Balaban J connectivity index is 1.94. The van der Waals surface area contributed by atoms with Gasteiger partial charge in [-0.05, 0) is 51.1 Å². The second-order valence-electron chi connectivity index (χ2n) is 6.72. The first kappa shape index (κ1) is 18.9. The Morgan fingerprint density at radius 3 is 2.69 bits per heavy atom. The van der Waals surface area contributed by atoms with E-state index in [2.05, 4.69) is 9.29 Å². The van der Waals surface area contributed by atoms with Crippen molar-refractivity contribution in [2.45, 2.75) is 44.3 Å². The van der Waals surface area contributed by atoms with Gasteiger partial charge in [0.1, 0.15) is 0 Å². The van der Waals surface area contributed by atoms with Crippen LogP contribution in [0.1, 0.15) is 42.9 Å². The minimum absolute atomic E-state index is 0.0342. The number of nitrogens with one attached hydrogen (secondary N) is 1. The molecule has 0 saturated heterocycles. The largest absolute Gasteiger partial charge is 0.348 e. The summed E-state index contributed by atoms with van der Waals surface area (Å²) in [6.07, 6.45) is 1.99. The third-order valence-electron chi connectivity index (χ3n) is 4.47. The molecule has 8 heteroatoms. The van der Waals surface area contributed by atoms with Crippen molar-refractivity contribution in [3.8, 4) is 0 Å². The molecule has 1 atom stereocenters. The molecule has 1 amide bonds. The van der Waals surface area contributed by atoms with Crippen molar-refractivity contribution in [2.24, 2.45) is 0 Å². The van der Waals surface area contributed by atoms with Crippen molar-refractivity contribution in [1.82, 2.24) is 14.2 Å². The Labute approximate surface area is 158 Å². The predicted molar refractivity (Wildman–Crippen MR) is 101 cm³/mol. The van der Waals surface area contributed by atoms with Gasteiger partial charge in [0.2, 0.25) is 10.0 Å². The Morgan fingerprint density at radius 2 is 2.00 bits per heavy atom. The highest BCUT2D eigenvalue weighted by Crippen LogP contribution is 2.29. The summed E-state index contributed by atoms with van der Waals surface area (Å²) in [5.41, 5.74) is 1.25. The van der Waals surface area contributed by atoms with E-state index in [-0.39, 0.29) is 33.5 Å². The van der Waals surface area contributed by atoms with Crippen molar-refractivity contribution in [3.63, 3.8) is 0 Å². The van der Waals surface area contributed by atoms with Gasteiger partial charge in [-0.15, -0.1) is 0 Å². The van der Waals surface area contributed by atoms with Gasteiger partial charge in [-0.3, -0.25) is 4.79 Å². The summed E-state index contributed by atoms with van der Waals surface area (Å²) in [6.45, 7) is 6.67. The number of amides is 1. The van der Waals surface area contributed by atoms with E-state index in [1.165, 1.54) is 18.2 Å². The predicted octanol–water partition coefficient (Wildman–Crippen LogP) is 3.05. The molecule has 1 aliphatic rings. The van der Waals surface area contributed by atoms with Gasteiger partial charge in [0.05, 0.1) is 21.5 Å². The number of carbonyl (C=O) groups excluding carboxylic acids is 1. The van der Waals surface area contributed by atoms with Gasteiger partial charge in [-0.1, -0.05) is 11.6 Å². The lowest BCUT2D eigenvalue weighted by molar-refractivity contribution is 0.0644. The van der Waals surface area contributed by atoms with Gasteiger partial charge in [0.15, 0.2) is 0 Å². The third kappa shape index (κ3) is 3.51. The SMILES string of the molecule is CC(C)NS(=O)(=O)c1ccc(Cl)c(C(=O)N2CCn3cccc3C2C)c1. The number of rotatable bonds is 4. The summed E-state index contributed by atoms with van der Waals surface area (Å²) >= 11 is 6.23. The molecule has 1 aromatic heterocycles. The quantitative estimate of drug-likeness (QED) is 0.864. The maximum Gasteiger partial charge on any atom is 0.256 e. The average molecular weight is 396 g/mol. The van der Waals surface area contributed by atoms with E-state index in [0.717, 1.165) is 5.69 Å². The minimum Gasteiger partial charge on any atom is -0.348 e. The van der Waals surface area contributed by atoms with Crippen LogP contribution in [-0.4, -0.2) is 36.4 Å². The fourth-order valence-electron chi connectivity index (χ4n) is 3.22. The number of nitrogens with zero attached hydrogens (tertiary/aromatic N) is 2. The molecule has 0 radical (unpaired) electrons. The van der Waals surface area contributed by atoms with Crippen LogP contribution in [0, 0.1) is 0 Å². The van der Waals surface area contributed by atoms with Gasteiger partial charge >= 0.3 is 0 Å². The zero-order chi connectivity index (χ0) is 19.1. The van der Waals surface area contributed by atoms with Crippen LogP contribution in [0.4, 0.5) is 0 Å². The fourth-order valence-corrected chi connectivity index (χ4v) is 4.70. The molecule has 6 nitrogen and oxygen atoms in total. The molecule has 1 aliphatic heterocycles. The standard InChI is InChI=1S/C18H22ClN3O3S/c1-12(2)20-26(24,25)14-6-7-16(19)15(11-14)18(23)22-10-9-21-8-4-5-17(21)13(22)3/h4-8,11-13,20H,9-10H2,1-3H3. The van der Waals surface area contributed by atoms with Crippen molar-refractivity contribution in [2.75, 3.05) is 6.54 Å². The first-order valence-corrected chi connectivity index (χ1v) is 10.3. The fraction of sp³-hybridized carbons (Fsp3) is 0.389. The number of carbonyl (C=O) groups is 1. The molecule has 0 aliphatic carbocycles. The summed E-state index contributed by atoms with van der Waals surface area (Å²) in [5, 5.41) is 0.242. The molecule has 140 valence electrons. The third-order valence-corrected chi connectivity index (χ3v) is 6.46. The number of fused-ring (bicyclic) bond motifs is 1. The zero-order valence-corrected chi connectivity index (χ0v) is 16.5. The van der Waals surface area contributed by atoms with Crippen molar-refractivity contribution >= 4 is 27.5 Å².